The van der Waals surface area contributed by atoms with Gasteiger partial charge in [-0.2, -0.15) is 0 Å². The summed E-state index contributed by atoms with van der Waals surface area (Å²) >= 11 is 0. The first-order valence-electron chi connectivity index (χ1n) is 10.7. The lowest BCUT2D eigenvalue weighted by molar-refractivity contribution is 0.601. The summed E-state index contributed by atoms with van der Waals surface area (Å²) < 4.78 is 41.9. The normalized spacial score (nSPS) is 11.2. The summed E-state index contributed by atoms with van der Waals surface area (Å²) in [6, 6.07) is 23.1. The number of aromatic nitrogens is 2. The van der Waals surface area contributed by atoms with Crippen LogP contribution in [0, 0.1) is 5.82 Å². The molecule has 3 aromatic carbocycles. The van der Waals surface area contributed by atoms with E-state index < -0.39 is 10.0 Å². The van der Waals surface area contributed by atoms with Gasteiger partial charge in [0.2, 0.25) is 0 Å². The van der Waals surface area contributed by atoms with Gasteiger partial charge in [-0.3, -0.25) is 14.7 Å². The minimum absolute atomic E-state index is 0.144. The number of hydrogen-bond donors (Lipinski definition) is 3. The number of anilines is 5. The Hall–Kier alpha value is -4.50. The molecule has 0 saturated heterocycles. The fourth-order valence-electron chi connectivity index (χ4n) is 3.54. The minimum Gasteiger partial charge on any atom is -0.355 e. The highest BCUT2D eigenvalue weighted by Gasteiger charge is 2.14. The van der Waals surface area contributed by atoms with Crippen molar-refractivity contribution in [2.75, 3.05) is 15.4 Å². The monoisotopic (exact) mass is 485 g/mol. The Morgan fingerprint density at radius 2 is 1.29 bits per heavy atom. The average Bonchev–Trinajstić information content (AvgIpc) is 2.86. The van der Waals surface area contributed by atoms with E-state index in [1.807, 2.05) is 12.1 Å². The number of hydrogen-bond acceptors (Lipinski definition) is 6. The predicted octanol–water partition coefficient (Wildman–Crippen LogP) is 6.06. The first-order chi connectivity index (χ1) is 17.0. The number of rotatable bonds is 7. The molecule has 2 heterocycles. The predicted molar refractivity (Wildman–Crippen MR) is 136 cm³/mol. The van der Waals surface area contributed by atoms with E-state index in [1.54, 1.807) is 67.1 Å². The Bertz CT molecular complexity index is 1580. The molecule has 5 rings (SSSR count). The zero-order valence-corrected chi connectivity index (χ0v) is 19.1. The van der Waals surface area contributed by atoms with Crippen LogP contribution >= 0.6 is 0 Å². The van der Waals surface area contributed by atoms with Gasteiger partial charge in [0.1, 0.15) is 5.82 Å². The van der Waals surface area contributed by atoms with E-state index in [0.717, 1.165) is 17.1 Å². The molecule has 0 aliphatic rings. The van der Waals surface area contributed by atoms with Gasteiger partial charge >= 0.3 is 0 Å². The van der Waals surface area contributed by atoms with Crippen molar-refractivity contribution < 1.29 is 12.8 Å². The van der Waals surface area contributed by atoms with E-state index >= 15 is 0 Å². The largest absolute Gasteiger partial charge is 0.355 e. The van der Waals surface area contributed by atoms with Crippen molar-refractivity contribution in [2.24, 2.45) is 0 Å². The van der Waals surface area contributed by atoms with Crippen molar-refractivity contribution in [3.05, 3.63) is 109 Å². The maximum Gasteiger partial charge on any atom is 0.261 e. The lowest BCUT2D eigenvalue weighted by Crippen LogP contribution is -2.12. The third kappa shape index (κ3) is 5.20. The lowest BCUT2D eigenvalue weighted by Gasteiger charge is -2.12. The molecule has 0 unspecified atom stereocenters. The second kappa shape index (κ2) is 9.40. The quantitative estimate of drug-likeness (QED) is 0.259. The van der Waals surface area contributed by atoms with Crippen LogP contribution in [0.15, 0.2) is 108 Å². The van der Waals surface area contributed by atoms with Gasteiger partial charge in [-0.05, 0) is 84.9 Å². The topological polar surface area (TPSA) is 96.0 Å². The van der Waals surface area contributed by atoms with Crippen LogP contribution in [0.5, 0.6) is 0 Å². The van der Waals surface area contributed by atoms with Crippen LogP contribution in [0.2, 0.25) is 0 Å². The number of nitrogens with one attached hydrogen (secondary N) is 3. The van der Waals surface area contributed by atoms with Crippen LogP contribution in [0.1, 0.15) is 0 Å². The molecular formula is C26H20FN5O2S. The third-order valence-electron chi connectivity index (χ3n) is 5.25. The molecule has 0 saturated carbocycles. The lowest BCUT2D eigenvalue weighted by atomic mass is 10.1. The number of sulfonamides is 1. The van der Waals surface area contributed by atoms with Gasteiger partial charge in [-0.25, -0.2) is 12.8 Å². The Morgan fingerprint density at radius 1 is 0.657 bits per heavy atom. The van der Waals surface area contributed by atoms with Crippen LogP contribution in [0.3, 0.4) is 0 Å². The molecule has 3 N–H and O–H groups in total. The molecule has 0 bridgehead atoms. The zero-order valence-electron chi connectivity index (χ0n) is 18.3. The Kier molecular flexibility index (Phi) is 5.99. The summed E-state index contributed by atoms with van der Waals surface area (Å²) in [4.78, 5) is 8.35. The SMILES string of the molecule is O=S(=O)(Nc1ccc(Nc2ccnc3ccc(F)cc23)cc1)c1ccc(Nc2ccncc2)cc1. The maximum absolute atomic E-state index is 13.7. The molecule has 0 atom stereocenters. The van der Waals surface area contributed by atoms with Gasteiger partial charge in [0.25, 0.3) is 10.0 Å². The number of halogens is 1. The summed E-state index contributed by atoms with van der Waals surface area (Å²) in [5.41, 5.74) is 4.11. The van der Waals surface area contributed by atoms with Crippen LogP contribution in [0.25, 0.3) is 10.9 Å². The summed E-state index contributed by atoms with van der Waals surface area (Å²) in [6.45, 7) is 0. The minimum atomic E-state index is -3.77. The van der Waals surface area contributed by atoms with Crippen molar-refractivity contribution in [1.29, 1.82) is 0 Å². The summed E-state index contributed by atoms with van der Waals surface area (Å²) in [6.07, 6.45) is 4.98. The molecule has 0 aliphatic carbocycles. The number of benzene rings is 3. The van der Waals surface area contributed by atoms with Gasteiger partial charge in [-0.15, -0.1) is 0 Å². The molecule has 0 aliphatic heterocycles. The number of nitrogens with zero attached hydrogens (tertiary/aromatic N) is 2. The molecule has 0 radical (unpaired) electrons. The van der Waals surface area contributed by atoms with Crippen molar-refractivity contribution in [1.82, 2.24) is 9.97 Å². The molecule has 0 spiro atoms. The summed E-state index contributed by atoms with van der Waals surface area (Å²) in [7, 11) is -3.77. The fraction of sp³-hybridized carbons (Fsp3) is 0. The molecule has 7 nitrogen and oxygen atoms in total. The van der Waals surface area contributed by atoms with Crippen LogP contribution in [-0.2, 0) is 10.0 Å². The van der Waals surface area contributed by atoms with Gasteiger partial charge in [0.05, 0.1) is 10.4 Å². The average molecular weight is 486 g/mol. The van der Waals surface area contributed by atoms with Gasteiger partial charge < -0.3 is 10.6 Å². The van der Waals surface area contributed by atoms with Gasteiger partial charge in [0, 0.05) is 52.4 Å². The second-order valence-electron chi connectivity index (χ2n) is 7.71. The summed E-state index contributed by atoms with van der Waals surface area (Å²) in [5, 5.41) is 7.06. The van der Waals surface area contributed by atoms with Crippen molar-refractivity contribution in [3.63, 3.8) is 0 Å². The highest BCUT2D eigenvalue weighted by molar-refractivity contribution is 7.92. The highest BCUT2D eigenvalue weighted by Crippen LogP contribution is 2.27. The summed E-state index contributed by atoms with van der Waals surface area (Å²) in [5.74, 6) is -0.348. The third-order valence-corrected chi connectivity index (χ3v) is 6.65. The number of pyridine rings is 2. The molecule has 174 valence electrons. The molecule has 2 aromatic heterocycles. The van der Waals surface area contributed by atoms with Crippen molar-refractivity contribution in [2.45, 2.75) is 4.90 Å². The van der Waals surface area contributed by atoms with Gasteiger partial charge in [-0.1, -0.05) is 0 Å². The van der Waals surface area contributed by atoms with E-state index in [4.69, 9.17) is 0 Å². The molecule has 35 heavy (non-hydrogen) atoms. The smallest absolute Gasteiger partial charge is 0.261 e. The maximum atomic E-state index is 13.7. The highest BCUT2D eigenvalue weighted by atomic mass is 32.2. The molecule has 0 amide bonds. The fourth-order valence-corrected chi connectivity index (χ4v) is 4.60. The van der Waals surface area contributed by atoms with E-state index in [-0.39, 0.29) is 10.7 Å². The van der Waals surface area contributed by atoms with Crippen molar-refractivity contribution in [3.8, 4) is 0 Å². The van der Waals surface area contributed by atoms with E-state index in [0.29, 0.717) is 22.3 Å². The van der Waals surface area contributed by atoms with Gasteiger partial charge in [0.15, 0.2) is 0 Å². The first-order valence-corrected chi connectivity index (χ1v) is 12.2. The van der Waals surface area contributed by atoms with Crippen molar-refractivity contribution >= 4 is 49.4 Å². The van der Waals surface area contributed by atoms with E-state index in [2.05, 4.69) is 25.3 Å². The first kappa shape index (κ1) is 22.3. The second-order valence-corrected chi connectivity index (χ2v) is 9.40. The molecular weight excluding hydrogens is 465 g/mol. The van der Waals surface area contributed by atoms with E-state index in [9.17, 15) is 12.8 Å². The molecule has 0 fully saturated rings. The standard InChI is InChI=1S/C26H20FN5O2S/c27-18-1-10-25-24(17-18)26(13-16-29-25)31-20-2-4-22(5-3-20)32-35(33,34)23-8-6-19(7-9-23)30-21-11-14-28-15-12-21/h1-17,32H,(H,28,30)(H,29,31). The van der Waals surface area contributed by atoms with Crippen LogP contribution in [-0.4, -0.2) is 18.4 Å². The Labute approximate surface area is 201 Å². The molecule has 9 heteroatoms. The van der Waals surface area contributed by atoms with E-state index in [1.165, 1.54) is 24.3 Å². The zero-order chi connectivity index (χ0) is 24.3. The van der Waals surface area contributed by atoms with Crippen LogP contribution < -0.4 is 15.4 Å². The Morgan fingerprint density at radius 3 is 2.03 bits per heavy atom. The number of fused-ring (bicyclic) bond motifs is 1. The molecule has 5 aromatic rings. The Balaban J connectivity index is 1.28. The van der Waals surface area contributed by atoms with Crippen LogP contribution in [0.4, 0.5) is 32.8 Å².